The van der Waals surface area contributed by atoms with Crippen molar-refractivity contribution >= 4 is 0 Å². The summed E-state index contributed by atoms with van der Waals surface area (Å²) < 4.78 is 39.3. The standard InChI is InChI=1S/C8H9F3N2O3/c9-8(10,11)16-7-5(3-14)1-4(2-12)6(15)13-7/h1,14H,2-3,12H2,(H,13,15). The molecular formula is C8H9F3N2O3. The average molecular weight is 238 g/mol. The van der Waals surface area contributed by atoms with Crippen molar-refractivity contribution in [3.8, 4) is 5.88 Å². The summed E-state index contributed by atoms with van der Waals surface area (Å²) in [5.74, 6) is -0.822. The lowest BCUT2D eigenvalue weighted by atomic mass is 10.2. The first-order valence-corrected chi connectivity index (χ1v) is 4.19. The number of alkyl halides is 3. The van der Waals surface area contributed by atoms with E-state index >= 15 is 0 Å². The maximum Gasteiger partial charge on any atom is 0.574 e. The highest BCUT2D eigenvalue weighted by molar-refractivity contribution is 5.29. The molecule has 1 aromatic rings. The van der Waals surface area contributed by atoms with E-state index in [-0.39, 0.29) is 17.7 Å². The van der Waals surface area contributed by atoms with Crippen LogP contribution in [-0.4, -0.2) is 16.5 Å². The minimum Gasteiger partial charge on any atom is -0.391 e. The molecule has 1 rings (SSSR count). The Morgan fingerprint density at radius 1 is 1.44 bits per heavy atom. The number of aliphatic hydroxyl groups excluding tert-OH is 1. The van der Waals surface area contributed by atoms with Gasteiger partial charge in [-0.15, -0.1) is 13.2 Å². The van der Waals surface area contributed by atoms with Crippen LogP contribution in [0.2, 0.25) is 0 Å². The van der Waals surface area contributed by atoms with Crippen LogP contribution in [-0.2, 0) is 13.2 Å². The molecule has 0 saturated carbocycles. The van der Waals surface area contributed by atoms with Gasteiger partial charge in [-0.2, -0.15) is 0 Å². The van der Waals surface area contributed by atoms with E-state index in [0.29, 0.717) is 0 Å². The molecule has 5 nitrogen and oxygen atoms in total. The Kier molecular flexibility index (Phi) is 3.55. The van der Waals surface area contributed by atoms with Crippen molar-refractivity contribution < 1.29 is 23.0 Å². The first-order chi connectivity index (χ1) is 7.37. The van der Waals surface area contributed by atoms with Crippen molar-refractivity contribution in [3.05, 3.63) is 27.5 Å². The summed E-state index contributed by atoms with van der Waals surface area (Å²) in [7, 11) is 0. The van der Waals surface area contributed by atoms with Crippen molar-refractivity contribution in [2.24, 2.45) is 5.73 Å². The minimum absolute atomic E-state index is 0.0681. The highest BCUT2D eigenvalue weighted by Crippen LogP contribution is 2.23. The third-order valence-corrected chi connectivity index (χ3v) is 1.77. The van der Waals surface area contributed by atoms with Gasteiger partial charge in [0.15, 0.2) is 0 Å². The second kappa shape index (κ2) is 4.54. The number of aliphatic hydroxyl groups is 1. The number of aromatic amines is 1. The van der Waals surface area contributed by atoms with Gasteiger partial charge in [-0.05, 0) is 6.07 Å². The summed E-state index contributed by atoms with van der Waals surface area (Å²) in [6.45, 7) is -0.843. The zero-order valence-electron chi connectivity index (χ0n) is 7.97. The third-order valence-electron chi connectivity index (χ3n) is 1.77. The number of H-pyrrole nitrogens is 1. The van der Waals surface area contributed by atoms with Gasteiger partial charge in [0.1, 0.15) is 0 Å². The molecule has 0 saturated heterocycles. The number of pyridine rings is 1. The summed E-state index contributed by atoms with van der Waals surface area (Å²) in [5, 5.41) is 8.82. The van der Waals surface area contributed by atoms with Gasteiger partial charge in [0, 0.05) is 17.7 Å². The van der Waals surface area contributed by atoms with Gasteiger partial charge in [0.25, 0.3) is 5.56 Å². The first-order valence-electron chi connectivity index (χ1n) is 4.19. The first kappa shape index (κ1) is 12.5. The normalized spacial score (nSPS) is 11.6. The molecule has 8 heteroatoms. The topological polar surface area (TPSA) is 88.3 Å². The Morgan fingerprint density at radius 3 is 2.50 bits per heavy atom. The van der Waals surface area contributed by atoms with Crippen LogP contribution >= 0.6 is 0 Å². The maximum absolute atomic E-state index is 11.9. The van der Waals surface area contributed by atoms with E-state index in [9.17, 15) is 18.0 Å². The minimum atomic E-state index is -4.93. The summed E-state index contributed by atoms with van der Waals surface area (Å²) >= 11 is 0. The molecule has 90 valence electrons. The molecule has 16 heavy (non-hydrogen) atoms. The summed E-state index contributed by atoms with van der Waals surface area (Å²) in [4.78, 5) is 13.0. The van der Waals surface area contributed by atoms with Crippen LogP contribution in [0.4, 0.5) is 13.2 Å². The molecule has 0 bridgehead atoms. The van der Waals surface area contributed by atoms with E-state index in [0.717, 1.165) is 6.07 Å². The molecule has 0 fully saturated rings. The molecule has 1 heterocycles. The fourth-order valence-corrected chi connectivity index (χ4v) is 1.08. The largest absolute Gasteiger partial charge is 0.574 e. The molecule has 0 unspecified atom stereocenters. The average Bonchev–Trinajstić information content (AvgIpc) is 2.16. The molecule has 0 aliphatic heterocycles. The number of nitrogens with one attached hydrogen (secondary N) is 1. The van der Waals surface area contributed by atoms with Gasteiger partial charge in [0.2, 0.25) is 5.88 Å². The van der Waals surface area contributed by atoms with Crippen LogP contribution in [0, 0.1) is 0 Å². The van der Waals surface area contributed by atoms with Crippen molar-refractivity contribution in [1.82, 2.24) is 4.98 Å². The zero-order valence-corrected chi connectivity index (χ0v) is 7.97. The van der Waals surface area contributed by atoms with Gasteiger partial charge in [-0.1, -0.05) is 0 Å². The Balaban J connectivity index is 3.19. The molecule has 0 aliphatic rings. The third kappa shape index (κ3) is 2.97. The quantitative estimate of drug-likeness (QED) is 0.703. The Hall–Kier alpha value is -1.54. The van der Waals surface area contributed by atoms with E-state index < -0.39 is 24.4 Å². The SMILES string of the molecule is NCc1cc(CO)c(OC(F)(F)F)[nH]c1=O. The van der Waals surface area contributed by atoms with Crippen molar-refractivity contribution in [1.29, 1.82) is 0 Å². The second-order valence-electron chi connectivity index (χ2n) is 2.89. The zero-order chi connectivity index (χ0) is 12.3. The van der Waals surface area contributed by atoms with Crippen LogP contribution < -0.4 is 16.0 Å². The Labute approximate surface area is 87.7 Å². The van der Waals surface area contributed by atoms with Gasteiger partial charge < -0.3 is 15.6 Å². The fraction of sp³-hybridized carbons (Fsp3) is 0.375. The second-order valence-corrected chi connectivity index (χ2v) is 2.89. The number of hydrogen-bond acceptors (Lipinski definition) is 4. The van der Waals surface area contributed by atoms with Crippen molar-refractivity contribution in [2.75, 3.05) is 0 Å². The van der Waals surface area contributed by atoms with Crippen molar-refractivity contribution in [2.45, 2.75) is 19.5 Å². The monoisotopic (exact) mass is 238 g/mol. The van der Waals surface area contributed by atoms with Gasteiger partial charge in [-0.3, -0.25) is 9.78 Å². The van der Waals surface area contributed by atoms with Crippen LogP contribution in [0.25, 0.3) is 0 Å². The predicted octanol–water partition coefficient (Wildman–Crippen LogP) is 0.225. The predicted molar refractivity (Wildman–Crippen MR) is 47.6 cm³/mol. The molecule has 0 amide bonds. The summed E-state index contributed by atoms with van der Waals surface area (Å²) in [6.07, 6.45) is -4.93. The smallest absolute Gasteiger partial charge is 0.391 e. The maximum atomic E-state index is 11.9. The Morgan fingerprint density at radius 2 is 2.06 bits per heavy atom. The number of hydrogen-bond donors (Lipinski definition) is 3. The summed E-state index contributed by atoms with van der Waals surface area (Å²) in [5.41, 5.74) is 4.29. The van der Waals surface area contributed by atoms with E-state index in [4.69, 9.17) is 10.8 Å². The molecule has 0 aromatic carbocycles. The summed E-state index contributed by atoms with van der Waals surface area (Å²) in [6, 6.07) is 1.07. The lowest BCUT2D eigenvalue weighted by Crippen LogP contribution is -2.24. The van der Waals surface area contributed by atoms with E-state index in [2.05, 4.69) is 4.74 Å². The molecule has 0 aliphatic carbocycles. The molecular weight excluding hydrogens is 229 g/mol. The number of halogens is 3. The van der Waals surface area contributed by atoms with E-state index in [1.165, 1.54) is 0 Å². The highest BCUT2D eigenvalue weighted by atomic mass is 19.4. The highest BCUT2D eigenvalue weighted by Gasteiger charge is 2.32. The van der Waals surface area contributed by atoms with Gasteiger partial charge in [0.05, 0.1) is 6.61 Å². The van der Waals surface area contributed by atoms with Crippen molar-refractivity contribution in [3.63, 3.8) is 0 Å². The van der Waals surface area contributed by atoms with Crippen LogP contribution in [0.1, 0.15) is 11.1 Å². The van der Waals surface area contributed by atoms with E-state index in [1.807, 2.05) is 4.98 Å². The number of aromatic nitrogens is 1. The fourth-order valence-electron chi connectivity index (χ4n) is 1.08. The number of nitrogens with two attached hydrogens (primary N) is 1. The molecule has 0 spiro atoms. The molecule has 1 aromatic heterocycles. The van der Waals surface area contributed by atoms with Crippen LogP contribution in [0.5, 0.6) is 5.88 Å². The van der Waals surface area contributed by atoms with Gasteiger partial charge in [-0.25, -0.2) is 0 Å². The Bertz CT molecular complexity index is 428. The number of rotatable bonds is 3. The van der Waals surface area contributed by atoms with E-state index in [1.54, 1.807) is 0 Å². The molecule has 0 atom stereocenters. The lowest BCUT2D eigenvalue weighted by molar-refractivity contribution is -0.276. The lowest BCUT2D eigenvalue weighted by Gasteiger charge is -2.12. The van der Waals surface area contributed by atoms with Crippen LogP contribution in [0.15, 0.2) is 10.9 Å². The van der Waals surface area contributed by atoms with Gasteiger partial charge >= 0.3 is 6.36 Å². The van der Waals surface area contributed by atoms with Crippen LogP contribution in [0.3, 0.4) is 0 Å². The molecule has 4 N–H and O–H groups in total. The number of ether oxygens (including phenoxy) is 1. The molecule has 0 radical (unpaired) electrons.